The lowest BCUT2D eigenvalue weighted by Gasteiger charge is -2.13. The van der Waals surface area contributed by atoms with E-state index in [1.54, 1.807) is 31.2 Å². The molecule has 0 unspecified atom stereocenters. The summed E-state index contributed by atoms with van der Waals surface area (Å²) in [5.41, 5.74) is 3.84. The molecule has 1 atom stereocenters. The van der Waals surface area contributed by atoms with E-state index in [0.717, 1.165) is 16.3 Å². The first kappa shape index (κ1) is 18.7. The van der Waals surface area contributed by atoms with Gasteiger partial charge in [-0.3, -0.25) is 4.79 Å². The molecule has 0 heterocycles. The fourth-order valence-corrected chi connectivity index (χ4v) is 2.74. The number of aromatic hydroxyl groups is 1. The third-order valence-electron chi connectivity index (χ3n) is 4.13. The number of ether oxygens (including phenoxy) is 1. The number of nitrogens with one attached hydrogen (secondary N) is 1. The molecule has 0 saturated carbocycles. The van der Waals surface area contributed by atoms with E-state index in [1.807, 2.05) is 37.3 Å². The first-order valence-corrected chi connectivity index (χ1v) is 8.80. The second-order valence-electron chi connectivity index (χ2n) is 6.12. The lowest BCUT2D eigenvalue weighted by atomic mass is 10.0. The molecule has 0 aliphatic rings. The molecule has 138 valence electrons. The molecule has 0 bridgehead atoms. The third kappa shape index (κ3) is 4.38. The molecule has 6 heteroatoms. The smallest absolute Gasteiger partial charge is 0.280 e. The molecule has 0 spiro atoms. The summed E-state index contributed by atoms with van der Waals surface area (Å²) in [5.74, 6) is 0.237. The Bertz CT molecular complexity index is 1020. The van der Waals surface area contributed by atoms with Crippen LogP contribution in [0.4, 0.5) is 0 Å². The summed E-state index contributed by atoms with van der Waals surface area (Å²) in [7, 11) is 0. The number of nitrogens with zero attached hydrogens (tertiary/aromatic N) is 1. The molecule has 1 amide bonds. The van der Waals surface area contributed by atoms with Crippen molar-refractivity contribution in [2.45, 2.75) is 20.0 Å². The van der Waals surface area contributed by atoms with E-state index in [1.165, 1.54) is 6.21 Å². The maximum absolute atomic E-state index is 12.2. The van der Waals surface area contributed by atoms with Crippen molar-refractivity contribution in [3.05, 3.63) is 70.7 Å². The number of rotatable bonds is 5. The van der Waals surface area contributed by atoms with Crippen molar-refractivity contribution >= 4 is 34.5 Å². The predicted molar refractivity (Wildman–Crippen MR) is 108 cm³/mol. The normalized spacial score (nSPS) is 12.3. The van der Waals surface area contributed by atoms with E-state index < -0.39 is 12.0 Å². The van der Waals surface area contributed by atoms with Gasteiger partial charge in [-0.1, -0.05) is 41.9 Å². The Morgan fingerprint density at radius 2 is 2.00 bits per heavy atom. The van der Waals surface area contributed by atoms with E-state index in [9.17, 15) is 9.90 Å². The standard InChI is InChI=1S/C21H19ClN2O3/c1-13-11-16(8-9-19(13)22)27-14(2)21(26)24-23-12-18-17-6-4-3-5-15(17)7-10-20(18)25/h3-12,14,25H,1-2H3,(H,24,26)/b23-12-/t14-/m0/s1. The number of halogens is 1. The van der Waals surface area contributed by atoms with Gasteiger partial charge in [0.1, 0.15) is 11.5 Å². The second-order valence-corrected chi connectivity index (χ2v) is 6.53. The van der Waals surface area contributed by atoms with E-state index >= 15 is 0 Å². The minimum Gasteiger partial charge on any atom is -0.507 e. The molecular formula is C21H19ClN2O3. The quantitative estimate of drug-likeness (QED) is 0.506. The molecule has 5 nitrogen and oxygen atoms in total. The lowest BCUT2D eigenvalue weighted by Crippen LogP contribution is -2.33. The number of phenolic OH excluding ortho intramolecular Hbond substituents is 1. The van der Waals surface area contributed by atoms with E-state index in [0.29, 0.717) is 16.3 Å². The van der Waals surface area contributed by atoms with Gasteiger partial charge >= 0.3 is 0 Å². The molecular weight excluding hydrogens is 364 g/mol. The van der Waals surface area contributed by atoms with Crippen molar-refractivity contribution < 1.29 is 14.6 Å². The molecule has 27 heavy (non-hydrogen) atoms. The molecule has 0 aliphatic carbocycles. The molecule has 0 aromatic heterocycles. The van der Waals surface area contributed by atoms with Crippen LogP contribution in [0.3, 0.4) is 0 Å². The molecule has 0 radical (unpaired) electrons. The van der Waals surface area contributed by atoms with Crippen LogP contribution >= 0.6 is 11.6 Å². The lowest BCUT2D eigenvalue weighted by molar-refractivity contribution is -0.127. The van der Waals surface area contributed by atoms with Crippen LogP contribution in [0.15, 0.2) is 59.7 Å². The first-order valence-electron chi connectivity index (χ1n) is 8.42. The van der Waals surface area contributed by atoms with Gasteiger partial charge in [-0.15, -0.1) is 0 Å². The average molecular weight is 383 g/mol. The van der Waals surface area contributed by atoms with Crippen molar-refractivity contribution in [2.24, 2.45) is 5.10 Å². The van der Waals surface area contributed by atoms with Crippen LogP contribution in [-0.4, -0.2) is 23.3 Å². The van der Waals surface area contributed by atoms with Gasteiger partial charge in [-0.2, -0.15) is 5.10 Å². The van der Waals surface area contributed by atoms with Gasteiger partial charge in [0, 0.05) is 10.6 Å². The van der Waals surface area contributed by atoms with Gasteiger partial charge in [0.05, 0.1) is 6.21 Å². The monoisotopic (exact) mass is 382 g/mol. The molecule has 3 aromatic carbocycles. The van der Waals surface area contributed by atoms with Gasteiger partial charge < -0.3 is 9.84 Å². The highest BCUT2D eigenvalue weighted by atomic mass is 35.5. The number of carbonyl (C=O) groups is 1. The van der Waals surface area contributed by atoms with E-state index in [4.69, 9.17) is 16.3 Å². The maximum atomic E-state index is 12.2. The minimum atomic E-state index is -0.746. The third-order valence-corrected chi connectivity index (χ3v) is 4.55. The number of hydrazone groups is 1. The zero-order valence-corrected chi connectivity index (χ0v) is 15.7. The zero-order chi connectivity index (χ0) is 19.4. The highest BCUT2D eigenvalue weighted by Crippen LogP contribution is 2.25. The number of carbonyl (C=O) groups excluding carboxylic acids is 1. The van der Waals surface area contributed by atoms with Gasteiger partial charge in [-0.25, -0.2) is 5.43 Å². The predicted octanol–water partition coefficient (Wildman–Crippen LogP) is 4.42. The van der Waals surface area contributed by atoms with Crippen molar-refractivity contribution in [3.8, 4) is 11.5 Å². The fraction of sp³-hybridized carbons (Fsp3) is 0.143. The van der Waals surface area contributed by atoms with Gasteiger partial charge in [0.2, 0.25) is 0 Å². The van der Waals surface area contributed by atoms with Crippen molar-refractivity contribution in [1.29, 1.82) is 0 Å². The van der Waals surface area contributed by atoms with Crippen LogP contribution in [-0.2, 0) is 4.79 Å². The summed E-state index contributed by atoms with van der Waals surface area (Å²) < 4.78 is 5.61. The van der Waals surface area contributed by atoms with E-state index in [2.05, 4.69) is 10.5 Å². The molecule has 0 saturated heterocycles. The highest BCUT2D eigenvalue weighted by molar-refractivity contribution is 6.31. The molecule has 0 fully saturated rings. The number of phenols is 1. The minimum absolute atomic E-state index is 0.0904. The summed E-state index contributed by atoms with van der Waals surface area (Å²) in [6.45, 7) is 3.49. The molecule has 2 N–H and O–H groups in total. The van der Waals surface area contributed by atoms with Crippen LogP contribution in [0, 0.1) is 6.92 Å². The Balaban J connectivity index is 1.68. The summed E-state index contributed by atoms with van der Waals surface area (Å²) in [5, 5.41) is 16.5. The van der Waals surface area contributed by atoms with Crippen molar-refractivity contribution in [1.82, 2.24) is 5.43 Å². The first-order chi connectivity index (χ1) is 13.0. The van der Waals surface area contributed by atoms with Crippen LogP contribution in [0.1, 0.15) is 18.1 Å². The van der Waals surface area contributed by atoms with E-state index in [-0.39, 0.29) is 5.75 Å². The second kappa shape index (κ2) is 8.10. The Labute approximate surface area is 162 Å². The van der Waals surface area contributed by atoms with Crippen molar-refractivity contribution in [2.75, 3.05) is 0 Å². The van der Waals surface area contributed by atoms with Crippen LogP contribution < -0.4 is 10.2 Å². The van der Waals surface area contributed by atoms with Crippen LogP contribution in [0.2, 0.25) is 5.02 Å². The SMILES string of the molecule is Cc1cc(O[C@@H](C)C(=O)N/N=C\c2c(O)ccc3ccccc23)ccc1Cl. The summed E-state index contributed by atoms with van der Waals surface area (Å²) in [4.78, 5) is 12.2. The average Bonchev–Trinajstić information content (AvgIpc) is 2.66. The Morgan fingerprint density at radius 1 is 1.22 bits per heavy atom. The topological polar surface area (TPSA) is 70.9 Å². The van der Waals surface area contributed by atoms with Crippen LogP contribution in [0.5, 0.6) is 11.5 Å². The number of hydrogen-bond acceptors (Lipinski definition) is 4. The Hall–Kier alpha value is -3.05. The molecule has 3 aromatic rings. The molecule has 3 rings (SSSR count). The van der Waals surface area contributed by atoms with Gasteiger partial charge in [0.25, 0.3) is 5.91 Å². The highest BCUT2D eigenvalue weighted by Gasteiger charge is 2.14. The largest absolute Gasteiger partial charge is 0.507 e. The number of aryl methyl sites for hydroxylation is 1. The summed E-state index contributed by atoms with van der Waals surface area (Å²) >= 11 is 5.99. The zero-order valence-electron chi connectivity index (χ0n) is 14.9. The fourth-order valence-electron chi connectivity index (χ4n) is 2.62. The number of hydrogen-bond donors (Lipinski definition) is 2. The van der Waals surface area contributed by atoms with Gasteiger partial charge in [0.15, 0.2) is 6.10 Å². The Kier molecular flexibility index (Phi) is 5.62. The molecule has 0 aliphatic heterocycles. The van der Waals surface area contributed by atoms with Gasteiger partial charge in [-0.05, 0) is 54.4 Å². The summed E-state index contributed by atoms with van der Waals surface area (Å²) in [6.07, 6.45) is 0.679. The summed E-state index contributed by atoms with van der Waals surface area (Å²) in [6, 6.07) is 16.2. The maximum Gasteiger partial charge on any atom is 0.280 e. The van der Waals surface area contributed by atoms with Crippen LogP contribution in [0.25, 0.3) is 10.8 Å². The number of fused-ring (bicyclic) bond motifs is 1. The Morgan fingerprint density at radius 3 is 2.78 bits per heavy atom. The van der Waals surface area contributed by atoms with Crippen molar-refractivity contribution in [3.63, 3.8) is 0 Å². The number of amides is 1. The number of benzene rings is 3.